The molecule has 2 aromatic carbocycles. The number of fused-ring (bicyclic) bond motifs is 1. The van der Waals surface area contributed by atoms with Crippen LogP contribution < -0.4 is 14.8 Å². The summed E-state index contributed by atoms with van der Waals surface area (Å²) in [4.78, 5) is 18.6. The van der Waals surface area contributed by atoms with Crippen molar-refractivity contribution in [2.24, 2.45) is 0 Å². The van der Waals surface area contributed by atoms with Crippen LogP contribution in [-0.2, 0) is 13.2 Å². The molecule has 2 N–H and O–H groups in total. The summed E-state index contributed by atoms with van der Waals surface area (Å²) < 4.78 is 11.4. The Balaban J connectivity index is 1.40. The number of phenolic OH excluding ortho intramolecular Hbond substituents is 1. The number of hydrogen-bond acceptors (Lipinski definition) is 6. The number of thiazole rings is 1. The van der Waals surface area contributed by atoms with Gasteiger partial charge in [-0.3, -0.25) is 0 Å². The van der Waals surface area contributed by atoms with Crippen molar-refractivity contribution < 1.29 is 19.4 Å². The molecule has 0 spiro atoms. The van der Waals surface area contributed by atoms with Crippen LogP contribution in [0.25, 0.3) is 0 Å². The Morgan fingerprint density at radius 1 is 1.32 bits per heavy atom. The second kappa shape index (κ2) is 8.18. The Morgan fingerprint density at radius 2 is 2.25 bits per heavy atom. The van der Waals surface area contributed by atoms with E-state index in [1.54, 1.807) is 34.7 Å². The van der Waals surface area contributed by atoms with Crippen LogP contribution in [0.5, 0.6) is 17.2 Å². The van der Waals surface area contributed by atoms with E-state index in [4.69, 9.17) is 9.47 Å². The van der Waals surface area contributed by atoms with Crippen LogP contribution in [0.2, 0.25) is 0 Å². The monoisotopic (exact) mass is 397 g/mol. The minimum atomic E-state index is -0.221. The summed E-state index contributed by atoms with van der Waals surface area (Å²) in [5.74, 6) is 1.41. The first-order chi connectivity index (χ1) is 13.7. The molecule has 144 valence electrons. The average Bonchev–Trinajstić information content (AvgIpc) is 3.12. The van der Waals surface area contributed by atoms with Crippen molar-refractivity contribution in [3.05, 3.63) is 64.6 Å². The van der Waals surface area contributed by atoms with Crippen molar-refractivity contribution in [1.82, 2.24) is 9.88 Å². The predicted molar refractivity (Wildman–Crippen MR) is 106 cm³/mol. The topological polar surface area (TPSA) is 83.9 Å². The number of carbonyl (C=O) groups excluding carboxylic acids is 1. The lowest BCUT2D eigenvalue weighted by Crippen LogP contribution is -2.36. The van der Waals surface area contributed by atoms with Gasteiger partial charge >= 0.3 is 6.03 Å². The van der Waals surface area contributed by atoms with Gasteiger partial charge in [-0.25, -0.2) is 9.78 Å². The van der Waals surface area contributed by atoms with Gasteiger partial charge in [-0.05, 0) is 24.3 Å². The third-order valence-electron chi connectivity index (χ3n) is 4.27. The van der Waals surface area contributed by atoms with Crippen molar-refractivity contribution in [3.63, 3.8) is 0 Å². The van der Waals surface area contributed by atoms with Gasteiger partial charge < -0.3 is 24.8 Å². The molecule has 7 nitrogen and oxygen atoms in total. The first-order valence-corrected chi connectivity index (χ1v) is 9.72. The van der Waals surface area contributed by atoms with Gasteiger partial charge in [0.05, 0.1) is 24.3 Å². The second-order valence-electron chi connectivity index (χ2n) is 6.29. The summed E-state index contributed by atoms with van der Waals surface area (Å²) in [6.45, 7) is 1.59. The Bertz CT molecular complexity index is 962. The highest BCUT2D eigenvalue weighted by molar-refractivity contribution is 7.07. The van der Waals surface area contributed by atoms with E-state index >= 15 is 0 Å². The number of nitrogens with zero attached hydrogens (tertiary/aromatic N) is 2. The second-order valence-corrected chi connectivity index (χ2v) is 7.01. The van der Waals surface area contributed by atoms with Crippen LogP contribution in [-0.4, -0.2) is 34.2 Å². The van der Waals surface area contributed by atoms with Gasteiger partial charge in [-0.2, -0.15) is 0 Å². The lowest BCUT2D eigenvalue weighted by Gasteiger charge is -2.20. The van der Waals surface area contributed by atoms with E-state index in [1.165, 1.54) is 11.3 Å². The molecule has 0 bridgehead atoms. The van der Waals surface area contributed by atoms with Crippen molar-refractivity contribution in [2.45, 2.75) is 13.2 Å². The molecule has 2 heterocycles. The number of nitrogens with one attached hydrogen (secondary N) is 1. The minimum Gasteiger partial charge on any atom is -0.508 e. The summed E-state index contributed by atoms with van der Waals surface area (Å²) in [6, 6.07) is 12.0. The van der Waals surface area contributed by atoms with E-state index in [0.717, 1.165) is 11.3 Å². The molecule has 3 aromatic rings. The maximum Gasteiger partial charge on any atom is 0.322 e. The lowest BCUT2D eigenvalue weighted by atomic mass is 10.2. The zero-order valence-electron chi connectivity index (χ0n) is 15.0. The Hall–Kier alpha value is -3.26. The standard InChI is InChI=1S/C20H19N3O4S/c24-17-5-4-14-10-23(6-7-26-19(14)9-17)20(25)22-15-2-1-3-18(8-15)27-11-16-12-28-13-21-16/h1-5,8-9,12-13,24H,6-7,10-11H2,(H,22,25). The number of aromatic hydroxyl groups is 1. The van der Waals surface area contributed by atoms with Crippen molar-refractivity contribution in [3.8, 4) is 17.2 Å². The van der Waals surface area contributed by atoms with E-state index in [-0.39, 0.29) is 11.8 Å². The van der Waals surface area contributed by atoms with Crippen molar-refractivity contribution in [1.29, 1.82) is 0 Å². The molecule has 0 unspecified atom stereocenters. The molecule has 8 heteroatoms. The number of anilines is 1. The summed E-state index contributed by atoms with van der Waals surface area (Å²) in [5.41, 5.74) is 4.14. The number of benzene rings is 2. The highest BCUT2D eigenvalue weighted by Crippen LogP contribution is 2.27. The molecule has 0 saturated heterocycles. The van der Waals surface area contributed by atoms with E-state index in [0.29, 0.717) is 43.5 Å². The molecule has 1 aliphatic rings. The fourth-order valence-electron chi connectivity index (χ4n) is 2.86. The number of phenols is 1. The number of amides is 2. The molecule has 4 rings (SSSR count). The van der Waals surface area contributed by atoms with Crippen molar-refractivity contribution in [2.75, 3.05) is 18.5 Å². The Labute approximate surface area is 166 Å². The first-order valence-electron chi connectivity index (χ1n) is 8.78. The quantitative estimate of drug-likeness (QED) is 0.699. The van der Waals surface area contributed by atoms with Gasteiger partial charge in [-0.1, -0.05) is 6.07 Å². The van der Waals surface area contributed by atoms with Crippen LogP contribution in [0, 0.1) is 0 Å². The molecule has 0 fully saturated rings. The first kappa shape index (κ1) is 18.1. The van der Waals surface area contributed by atoms with E-state index in [2.05, 4.69) is 10.3 Å². The van der Waals surface area contributed by atoms with Crippen molar-refractivity contribution >= 4 is 23.1 Å². The number of hydrogen-bond donors (Lipinski definition) is 2. The van der Waals surface area contributed by atoms with Gasteiger partial charge in [0.25, 0.3) is 0 Å². The highest BCUT2D eigenvalue weighted by Gasteiger charge is 2.20. The van der Waals surface area contributed by atoms with Crippen LogP contribution in [0.3, 0.4) is 0 Å². The smallest absolute Gasteiger partial charge is 0.322 e. The molecule has 0 saturated carbocycles. The fourth-order valence-corrected chi connectivity index (χ4v) is 3.41. The number of ether oxygens (including phenoxy) is 2. The van der Waals surface area contributed by atoms with E-state index in [9.17, 15) is 9.90 Å². The Morgan fingerprint density at radius 3 is 3.11 bits per heavy atom. The number of urea groups is 1. The zero-order chi connectivity index (χ0) is 19.3. The summed E-state index contributed by atoms with van der Waals surface area (Å²) in [6.07, 6.45) is 0. The zero-order valence-corrected chi connectivity index (χ0v) is 15.8. The van der Waals surface area contributed by atoms with E-state index < -0.39 is 0 Å². The van der Waals surface area contributed by atoms with Crippen LogP contribution >= 0.6 is 11.3 Å². The molecule has 0 aliphatic carbocycles. The summed E-state index contributed by atoms with van der Waals surface area (Å²) >= 11 is 1.52. The van der Waals surface area contributed by atoms with E-state index in [1.807, 2.05) is 23.6 Å². The molecular formula is C20H19N3O4S. The fraction of sp³-hybridized carbons (Fsp3) is 0.200. The molecule has 1 aromatic heterocycles. The van der Waals surface area contributed by atoms with Gasteiger partial charge in [-0.15, -0.1) is 11.3 Å². The van der Waals surface area contributed by atoms with Crippen LogP contribution in [0.1, 0.15) is 11.3 Å². The van der Waals surface area contributed by atoms with Gasteiger partial charge in [0.15, 0.2) is 0 Å². The third-order valence-corrected chi connectivity index (χ3v) is 4.91. The maximum absolute atomic E-state index is 12.7. The van der Waals surface area contributed by atoms with Crippen LogP contribution in [0.15, 0.2) is 53.4 Å². The molecule has 2 amide bonds. The number of rotatable bonds is 4. The van der Waals surface area contributed by atoms with Crippen LogP contribution in [0.4, 0.5) is 10.5 Å². The normalized spacial score (nSPS) is 13.2. The molecule has 0 atom stereocenters. The summed E-state index contributed by atoms with van der Waals surface area (Å²) in [7, 11) is 0. The number of carbonyl (C=O) groups is 1. The molecule has 28 heavy (non-hydrogen) atoms. The average molecular weight is 397 g/mol. The van der Waals surface area contributed by atoms with Gasteiger partial charge in [0, 0.05) is 28.8 Å². The summed E-state index contributed by atoms with van der Waals surface area (Å²) in [5, 5.41) is 14.4. The Kier molecular flexibility index (Phi) is 5.29. The predicted octanol–water partition coefficient (Wildman–Crippen LogP) is 3.85. The minimum absolute atomic E-state index is 0.145. The largest absolute Gasteiger partial charge is 0.508 e. The van der Waals surface area contributed by atoms with Gasteiger partial charge in [0.1, 0.15) is 30.5 Å². The van der Waals surface area contributed by atoms with Gasteiger partial charge in [0.2, 0.25) is 0 Å². The third kappa shape index (κ3) is 4.34. The number of aromatic nitrogens is 1. The molecule has 0 radical (unpaired) electrons. The maximum atomic E-state index is 12.7. The SMILES string of the molecule is O=C(Nc1cccc(OCc2cscn2)c1)N1CCOc2cc(O)ccc2C1. The highest BCUT2D eigenvalue weighted by atomic mass is 32.1. The lowest BCUT2D eigenvalue weighted by molar-refractivity contribution is 0.200. The molecular weight excluding hydrogens is 378 g/mol. The molecule has 1 aliphatic heterocycles.